The smallest absolute Gasteiger partial charge is 0.257 e. The third-order valence-electron chi connectivity index (χ3n) is 2.88. The summed E-state index contributed by atoms with van der Waals surface area (Å²) in [7, 11) is 0. The van der Waals surface area contributed by atoms with Crippen LogP contribution in [0.3, 0.4) is 0 Å². The molecule has 0 aromatic heterocycles. The molecule has 0 unspecified atom stereocenters. The molecule has 0 spiro atoms. The number of rotatable bonds is 7. The van der Waals surface area contributed by atoms with Crippen molar-refractivity contribution in [2.24, 2.45) is 0 Å². The average molecular weight is 293 g/mol. The van der Waals surface area contributed by atoms with Crippen LogP contribution in [0.4, 0.5) is 0 Å². The Morgan fingerprint density at radius 1 is 1.60 bits per heavy atom. The van der Waals surface area contributed by atoms with Gasteiger partial charge in [0.05, 0.1) is 4.75 Å². The number of carbonyl (C=O) groups excluding carboxylic acids is 1. The van der Waals surface area contributed by atoms with Crippen molar-refractivity contribution in [3.05, 3.63) is 47.6 Å². The zero-order valence-electron chi connectivity index (χ0n) is 12.5. The third-order valence-corrected chi connectivity index (χ3v) is 4.00. The van der Waals surface area contributed by atoms with Crippen molar-refractivity contribution in [2.75, 3.05) is 13.2 Å². The molecule has 0 saturated heterocycles. The summed E-state index contributed by atoms with van der Waals surface area (Å²) >= 11 is 1.62. The number of thioether (sulfide) groups is 1. The van der Waals surface area contributed by atoms with Gasteiger partial charge in [-0.1, -0.05) is 37.8 Å². The maximum absolute atomic E-state index is 11.6. The predicted octanol–water partition coefficient (Wildman–Crippen LogP) is 3.56. The van der Waals surface area contributed by atoms with Crippen molar-refractivity contribution >= 4 is 17.7 Å². The van der Waals surface area contributed by atoms with Crippen molar-refractivity contribution in [1.29, 1.82) is 0 Å². The number of ether oxygens (including phenoxy) is 1. The third kappa shape index (κ3) is 4.60. The van der Waals surface area contributed by atoms with Gasteiger partial charge in [0.1, 0.15) is 5.76 Å². The SMILES string of the molecule is C=C/C(C)=C/[C@@]1(C)SC(=C)C=C1OCC(=O)NCCC. The number of allylic oxidation sites excluding steroid dienone is 3. The lowest BCUT2D eigenvalue weighted by molar-refractivity contribution is -0.124. The second-order valence-corrected chi connectivity index (χ2v) is 6.49. The maximum Gasteiger partial charge on any atom is 0.257 e. The molecule has 0 aromatic carbocycles. The van der Waals surface area contributed by atoms with E-state index in [4.69, 9.17) is 4.74 Å². The molecule has 20 heavy (non-hydrogen) atoms. The van der Waals surface area contributed by atoms with Gasteiger partial charge in [-0.05, 0) is 26.3 Å². The lowest BCUT2D eigenvalue weighted by atomic mass is 10.0. The van der Waals surface area contributed by atoms with Crippen LogP contribution in [0.5, 0.6) is 0 Å². The molecular weight excluding hydrogens is 270 g/mol. The number of hydrogen-bond donors (Lipinski definition) is 1. The summed E-state index contributed by atoms with van der Waals surface area (Å²) in [6.07, 6.45) is 6.70. The van der Waals surface area contributed by atoms with E-state index in [2.05, 4.69) is 31.5 Å². The molecule has 1 heterocycles. The first-order valence-electron chi connectivity index (χ1n) is 6.72. The summed E-state index contributed by atoms with van der Waals surface area (Å²) in [6.45, 7) is 14.5. The standard InChI is InChI=1S/C16H23NO2S/c1-6-8-17-15(18)11-19-14-9-13(4)20-16(14,5)10-12(3)7-2/h7,9-10H,2,4,6,8,11H2,1,3,5H3,(H,17,18)/b12-10+/t16-/m1/s1. The second kappa shape index (κ2) is 7.39. The van der Waals surface area contributed by atoms with Gasteiger partial charge in [0.15, 0.2) is 6.61 Å². The van der Waals surface area contributed by atoms with Gasteiger partial charge >= 0.3 is 0 Å². The molecule has 3 nitrogen and oxygen atoms in total. The van der Waals surface area contributed by atoms with E-state index in [0.717, 1.165) is 22.7 Å². The van der Waals surface area contributed by atoms with E-state index >= 15 is 0 Å². The normalized spacial score (nSPS) is 22.4. The molecule has 0 aliphatic carbocycles. The molecular formula is C16H23NO2S. The molecule has 4 heteroatoms. The van der Waals surface area contributed by atoms with Crippen LogP contribution in [0.15, 0.2) is 47.6 Å². The van der Waals surface area contributed by atoms with Crippen LogP contribution in [0.25, 0.3) is 0 Å². The van der Waals surface area contributed by atoms with Crippen molar-refractivity contribution in [3.63, 3.8) is 0 Å². The van der Waals surface area contributed by atoms with E-state index < -0.39 is 0 Å². The van der Waals surface area contributed by atoms with E-state index in [1.165, 1.54) is 0 Å². The highest BCUT2D eigenvalue weighted by atomic mass is 32.2. The molecule has 0 aromatic rings. The summed E-state index contributed by atoms with van der Waals surface area (Å²) in [4.78, 5) is 12.5. The lowest BCUT2D eigenvalue weighted by Crippen LogP contribution is -2.30. The van der Waals surface area contributed by atoms with Gasteiger partial charge in [0.2, 0.25) is 0 Å². The summed E-state index contributed by atoms with van der Waals surface area (Å²) in [6, 6.07) is 0. The van der Waals surface area contributed by atoms with Crippen LogP contribution in [-0.2, 0) is 9.53 Å². The molecule has 110 valence electrons. The molecule has 0 bridgehead atoms. The van der Waals surface area contributed by atoms with Gasteiger partial charge < -0.3 is 10.1 Å². The minimum absolute atomic E-state index is 0.0379. The Labute approximate surface area is 125 Å². The first-order valence-corrected chi connectivity index (χ1v) is 7.54. The highest BCUT2D eigenvalue weighted by molar-refractivity contribution is 8.05. The van der Waals surface area contributed by atoms with Gasteiger partial charge in [-0.25, -0.2) is 0 Å². The van der Waals surface area contributed by atoms with E-state index in [1.807, 2.05) is 19.9 Å². The van der Waals surface area contributed by atoms with Crippen molar-refractivity contribution < 1.29 is 9.53 Å². The van der Waals surface area contributed by atoms with Gasteiger partial charge in [0.25, 0.3) is 5.91 Å². The van der Waals surface area contributed by atoms with Crippen LogP contribution in [0.2, 0.25) is 0 Å². The van der Waals surface area contributed by atoms with E-state index in [-0.39, 0.29) is 17.3 Å². The Morgan fingerprint density at radius 3 is 2.90 bits per heavy atom. The minimum Gasteiger partial charge on any atom is -0.486 e. The molecule has 1 aliphatic rings. The number of amides is 1. The van der Waals surface area contributed by atoms with Crippen molar-refractivity contribution in [2.45, 2.75) is 31.9 Å². The summed E-state index contributed by atoms with van der Waals surface area (Å²) in [5.41, 5.74) is 1.07. The molecule has 1 rings (SSSR count). The Bertz CT molecular complexity index is 465. The van der Waals surface area contributed by atoms with E-state index in [1.54, 1.807) is 17.8 Å². The fourth-order valence-corrected chi connectivity index (χ4v) is 3.05. The first kappa shape index (κ1) is 16.6. The van der Waals surface area contributed by atoms with E-state index in [9.17, 15) is 4.79 Å². The molecule has 1 N–H and O–H groups in total. The second-order valence-electron chi connectivity index (χ2n) is 4.92. The Morgan fingerprint density at radius 2 is 2.30 bits per heavy atom. The molecule has 0 radical (unpaired) electrons. The molecule has 1 aliphatic heterocycles. The first-order chi connectivity index (χ1) is 9.41. The predicted molar refractivity (Wildman–Crippen MR) is 86.4 cm³/mol. The van der Waals surface area contributed by atoms with Gasteiger partial charge in [0, 0.05) is 11.4 Å². The largest absolute Gasteiger partial charge is 0.486 e. The van der Waals surface area contributed by atoms with Crippen LogP contribution < -0.4 is 5.32 Å². The zero-order chi connectivity index (χ0) is 15.2. The molecule has 0 fully saturated rings. The minimum atomic E-state index is -0.319. The van der Waals surface area contributed by atoms with Crippen LogP contribution in [0, 0.1) is 0 Å². The van der Waals surface area contributed by atoms with Crippen molar-refractivity contribution in [1.82, 2.24) is 5.32 Å². The summed E-state index contributed by atoms with van der Waals surface area (Å²) in [5.74, 6) is 0.669. The fraction of sp³-hybridized carbons (Fsp3) is 0.438. The Hall–Kier alpha value is -1.42. The Kier molecular flexibility index (Phi) is 6.14. The van der Waals surface area contributed by atoms with Gasteiger partial charge in [-0.3, -0.25) is 4.79 Å². The quantitative estimate of drug-likeness (QED) is 0.729. The average Bonchev–Trinajstić information content (AvgIpc) is 2.67. The fourth-order valence-electron chi connectivity index (χ4n) is 1.88. The highest BCUT2D eigenvalue weighted by Crippen LogP contribution is 2.46. The van der Waals surface area contributed by atoms with Gasteiger partial charge in [-0.2, -0.15) is 0 Å². The van der Waals surface area contributed by atoms with E-state index in [0.29, 0.717) is 6.54 Å². The van der Waals surface area contributed by atoms with Gasteiger partial charge in [-0.15, -0.1) is 11.8 Å². The lowest BCUT2D eigenvalue weighted by Gasteiger charge is -2.23. The van der Waals surface area contributed by atoms with Crippen molar-refractivity contribution in [3.8, 4) is 0 Å². The zero-order valence-corrected chi connectivity index (χ0v) is 13.3. The topological polar surface area (TPSA) is 38.3 Å². The monoisotopic (exact) mass is 293 g/mol. The molecule has 0 saturated carbocycles. The highest BCUT2D eigenvalue weighted by Gasteiger charge is 2.35. The van der Waals surface area contributed by atoms with Crippen LogP contribution in [0.1, 0.15) is 27.2 Å². The number of carbonyl (C=O) groups is 1. The summed E-state index contributed by atoms with van der Waals surface area (Å²) < 4.78 is 5.36. The summed E-state index contributed by atoms with van der Waals surface area (Å²) in [5, 5.41) is 2.79. The maximum atomic E-state index is 11.6. The number of hydrogen-bond acceptors (Lipinski definition) is 3. The Balaban J connectivity index is 2.71. The molecule has 1 amide bonds. The number of nitrogens with one attached hydrogen (secondary N) is 1. The molecule has 1 atom stereocenters. The van der Waals surface area contributed by atoms with Crippen LogP contribution in [-0.4, -0.2) is 23.8 Å². The van der Waals surface area contributed by atoms with Crippen LogP contribution >= 0.6 is 11.8 Å².